The van der Waals surface area contributed by atoms with Crippen LogP contribution in [0.25, 0.3) is 0 Å². The molecule has 1 fully saturated rings. The van der Waals surface area contributed by atoms with Gasteiger partial charge in [0.25, 0.3) is 0 Å². The van der Waals surface area contributed by atoms with Crippen molar-refractivity contribution in [3.63, 3.8) is 0 Å². The van der Waals surface area contributed by atoms with Crippen molar-refractivity contribution in [1.82, 2.24) is 10.2 Å². The number of unbranched alkanes of at least 4 members (excludes halogenated alkanes) is 1. The lowest BCUT2D eigenvalue weighted by atomic mass is 9.87. The summed E-state index contributed by atoms with van der Waals surface area (Å²) in [5, 5.41) is 2.77. The minimum absolute atomic E-state index is 0. The predicted molar refractivity (Wildman–Crippen MR) is 138 cm³/mol. The van der Waals surface area contributed by atoms with Gasteiger partial charge in [0.2, 0.25) is 0 Å². The number of carbonyl (C=O) groups excluding carboxylic acids is 1. The number of alkyl carbamates (subject to hydrolysis) is 1. The summed E-state index contributed by atoms with van der Waals surface area (Å²) in [6.45, 7) is 5.04. The van der Waals surface area contributed by atoms with E-state index in [1.54, 1.807) is 24.3 Å². The Hall–Kier alpha value is -2.62. The van der Waals surface area contributed by atoms with Gasteiger partial charge in [-0.25, -0.2) is 13.6 Å². The highest BCUT2D eigenvalue weighted by atomic mass is 35.5. The Kier molecular flexibility index (Phi) is 11.5. The molecule has 0 bridgehead atoms. The normalized spacial score (nSPS) is 15.2. The minimum atomic E-state index is -0.850. The molecule has 1 aliphatic rings. The average molecular weight is 505 g/mol. The topological polar surface area (TPSA) is 41.6 Å². The first-order chi connectivity index (χ1) is 16.4. The van der Waals surface area contributed by atoms with Crippen LogP contribution in [0.2, 0.25) is 0 Å². The van der Waals surface area contributed by atoms with Crippen LogP contribution in [0.5, 0.6) is 0 Å². The Bertz CT molecular complexity index is 907. The van der Waals surface area contributed by atoms with E-state index in [4.69, 9.17) is 11.2 Å². The van der Waals surface area contributed by atoms with Crippen molar-refractivity contribution in [1.29, 1.82) is 0 Å². The van der Waals surface area contributed by atoms with E-state index in [-0.39, 0.29) is 30.0 Å². The standard InChI is InChI=1S/C28H34F2N2O2.ClH/c1-3-5-18-31-27(33)34-28(4-2)16-20-32(21-17-28)19-6-7-26(22-8-12-24(29)13-9-22)23-10-14-25(30)15-11-23;/h2,8-15,26H,3,5-7,16-21H2,1H3,(H,31,33);1H. The second-order valence-electron chi connectivity index (χ2n) is 8.95. The van der Waals surface area contributed by atoms with Crippen LogP contribution in [0, 0.1) is 24.0 Å². The van der Waals surface area contributed by atoms with E-state index in [9.17, 15) is 13.6 Å². The number of halogens is 3. The molecule has 3 rings (SSSR count). The van der Waals surface area contributed by atoms with Crippen molar-refractivity contribution in [2.24, 2.45) is 0 Å². The Morgan fingerprint density at radius 3 is 2.09 bits per heavy atom. The fourth-order valence-corrected chi connectivity index (χ4v) is 4.43. The number of terminal acetylenes is 1. The predicted octanol–water partition coefficient (Wildman–Crippen LogP) is 6.29. The van der Waals surface area contributed by atoms with E-state index >= 15 is 0 Å². The number of rotatable bonds is 10. The quantitative estimate of drug-likeness (QED) is 0.305. The first-order valence-electron chi connectivity index (χ1n) is 12.1. The van der Waals surface area contributed by atoms with Crippen molar-refractivity contribution >= 4 is 18.5 Å². The molecule has 0 spiro atoms. The molecule has 4 nitrogen and oxygen atoms in total. The second-order valence-corrected chi connectivity index (χ2v) is 8.95. The van der Waals surface area contributed by atoms with Crippen LogP contribution < -0.4 is 5.32 Å². The SMILES string of the molecule is C#CC1(OC(=O)NCCCC)CCN(CCCC(c2ccc(F)cc2)c2ccc(F)cc2)CC1.Cl. The molecular formula is C28H35ClF2N2O2. The third-order valence-electron chi connectivity index (χ3n) is 6.53. The van der Waals surface area contributed by atoms with Gasteiger partial charge < -0.3 is 15.0 Å². The molecule has 0 saturated carbocycles. The summed E-state index contributed by atoms with van der Waals surface area (Å²) < 4.78 is 32.5. The minimum Gasteiger partial charge on any atom is -0.430 e. The summed E-state index contributed by atoms with van der Waals surface area (Å²) in [6.07, 6.45) is 10.2. The lowest BCUT2D eigenvalue weighted by Gasteiger charge is -2.38. The number of likely N-dealkylation sites (tertiary alicyclic amines) is 1. The molecule has 1 aliphatic heterocycles. The van der Waals surface area contributed by atoms with Gasteiger partial charge in [-0.2, -0.15) is 0 Å². The Labute approximate surface area is 213 Å². The molecule has 1 heterocycles. The van der Waals surface area contributed by atoms with E-state index in [1.807, 2.05) is 0 Å². The van der Waals surface area contributed by atoms with E-state index in [2.05, 4.69) is 23.1 Å². The summed E-state index contributed by atoms with van der Waals surface area (Å²) >= 11 is 0. The zero-order valence-electron chi connectivity index (χ0n) is 20.3. The van der Waals surface area contributed by atoms with Crippen LogP contribution in [0.3, 0.4) is 0 Å². The maximum Gasteiger partial charge on any atom is 0.408 e. The van der Waals surface area contributed by atoms with Gasteiger partial charge in [-0.1, -0.05) is 43.5 Å². The smallest absolute Gasteiger partial charge is 0.408 e. The van der Waals surface area contributed by atoms with Crippen molar-refractivity contribution in [3.8, 4) is 12.3 Å². The fraction of sp³-hybridized carbons (Fsp3) is 0.464. The highest BCUT2D eigenvalue weighted by molar-refractivity contribution is 5.85. The van der Waals surface area contributed by atoms with Gasteiger partial charge >= 0.3 is 6.09 Å². The lowest BCUT2D eigenvalue weighted by molar-refractivity contribution is 0.00504. The van der Waals surface area contributed by atoms with Gasteiger partial charge in [-0.05, 0) is 61.2 Å². The first kappa shape index (κ1) is 28.6. The number of nitrogens with one attached hydrogen (secondary N) is 1. The number of amides is 1. The molecule has 0 aliphatic carbocycles. The van der Waals surface area contributed by atoms with Crippen LogP contribution in [-0.4, -0.2) is 42.8 Å². The van der Waals surface area contributed by atoms with E-state index in [1.165, 1.54) is 24.3 Å². The van der Waals surface area contributed by atoms with Crippen molar-refractivity contribution < 1.29 is 18.3 Å². The molecule has 0 atom stereocenters. The largest absolute Gasteiger partial charge is 0.430 e. The third-order valence-corrected chi connectivity index (χ3v) is 6.53. The van der Waals surface area contributed by atoms with E-state index in [0.717, 1.165) is 56.4 Å². The van der Waals surface area contributed by atoms with Crippen molar-refractivity contribution in [2.75, 3.05) is 26.2 Å². The molecule has 7 heteroatoms. The number of piperidine rings is 1. The molecular weight excluding hydrogens is 470 g/mol. The lowest BCUT2D eigenvalue weighted by Crippen LogP contribution is -2.48. The fourth-order valence-electron chi connectivity index (χ4n) is 4.43. The molecule has 2 aromatic rings. The van der Waals surface area contributed by atoms with Gasteiger partial charge in [0.05, 0.1) is 0 Å². The van der Waals surface area contributed by atoms with Gasteiger partial charge in [0, 0.05) is 38.4 Å². The van der Waals surface area contributed by atoms with Gasteiger partial charge in [0.15, 0.2) is 5.60 Å². The molecule has 0 aromatic heterocycles. The maximum absolute atomic E-state index is 13.4. The Balaban J connectivity index is 0.00000432. The van der Waals surface area contributed by atoms with Crippen LogP contribution in [0.4, 0.5) is 13.6 Å². The monoisotopic (exact) mass is 504 g/mol. The van der Waals surface area contributed by atoms with Gasteiger partial charge in [0.1, 0.15) is 11.6 Å². The summed E-state index contributed by atoms with van der Waals surface area (Å²) in [7, 11) is 0. The van der Waals surface area contributed by atoms with E-state index in [0.29, 0.717) is 19.4 Å². The Morgan fingerprint density at radius 1 is 1.06 bits per heavy atom. The van der Waals surface area contributed by atoms with Gasteiger partial charge in [-0.3, -0.25) is 0 Å². The van der Waals surface area contributed by atoms with E-state index < -0.39 is 11.7 Å². The molecule has 1 amide bonds. The maximum atomic E-state index is 13.4. The number of hydrogen-bond donors (Lipinski definition) is 1. The highest BCUT2D eigenvalue weighted by Crippen LogP contribution is 2.31. The number of ether oxygens (including phenoxy) is 1. The molecule has 2 aromatic carbocycles. The number of carbonyl (C=O) groups is 1. The molecule has 190 valence electrons. The summed E-state index contributed by atoms with van der Waals surface area (Å²) in [4.78, 5) is 14.4. The van der Waals surface area contributed by atoms with Crippen LogP contribution in [-0.2, 0) is 4.74 Å². The Morgan fingerprint density at radius 2 is 1.60 bits per heavy atom. The average Bonchev–Trinajstić information content (AvgIpc) is 2.84. The number of hydrogen-bond acceptors (Lipinski definition) is 3. The second kappa shape index (κ2) is 14.1. The summed E-state index contributed by atoms with van der Waals surface area (Å²) in [5.41, 5.74) is 1.18. The van der Waals surface area contributed by atoms with Crippen molar-refractivity contribution in [2.45, 2.75) is 57.0 Å². The zero-order valence-corrected chi connectivity index (χ0v) is 21.1. The van der Waals surface area contributed by atoms with Gasteiger partial charge in [-0.15, -0.1) is 18.8 Å². The molecule has 1 N–H and O–H groups in total. The number of benzene rings is 2. The molecule has 1 saturated heterocycles. The van der Waals surface area contributed by atoms with Crippen LogP contribution in [0.1, 0.15) is 62.5 Å². The first-order valence-corrected chi connectivity index (χ1v) is 12.1. The molecule has 0 unspecified atom stereocenters. The highest BCUT2D eigenvalue weighted by Gasteiger charge is 2.36. The zero-order chi connectivity index (χ0) is 24.4. The molecule has 35 heavy (non-hydrogen) atoms. The summed E-state index contributed by atoms with van der Waals surface area (Å²) in [5.74, 6) is 2.24. The van der Waals surface area contributed by atoms with Crippen LogP contribution >= 0.6 is 12.4 Å². The van der Waals surface area contributed by atoms with Crippen LogP contribution in [0.15, 0.2) is 48.5 Å². The summed E-state index contributed by atoms with van der Waals surface area (Å²) in [6, 6.07) is 13.1. The third kappa shape index (κ3) is 8.52. The van der Waals surface area contributed by atoms with Crippen molar-refractivity contribution in [3.05, 3.63) is 71.3 Å². The number of nitrogens with zero attached hydrogens (tertiary/aromatic N) is 1. The molecule has 0 radical (unpaired) electrons.